The molecule has 0 aliphatic carbocycles. The summed E-state index contributed by atoms with van der Waals surface area (Å²) in [5.41, 5.74) is 8.50. The molecule has 4 nitrogen and oxygen atoms in total. The number of rotatable bonds is 0. The van der Waals surface area contributed by atoms with Gasteiger partial charge in [-0.2, -0.15) is 0 Å². The summed E-state index contributed by atoms with van der Waals surface area (Å²) in [6.07, 6.45) is 0. The fourth-order valence-corrected chi connectivity index (χ4v) is 0. The Hall–Kier alpha value is 0.230. The zero-order chi connectivity index (χ0) is 3.58. The number of hydrogen-bond donors (Lipinski definition) is 2. The van der Waals surface area contributed by atoms with E-state index in [1.165, 1.54) is 0 Å². The third-order valence-corrected chi connectivity index (χ3v) is 0. The van der Waals surface area contributed by atoms with Gasteiger partial charge in [0.05, 0.1) is 0 Å². The number of hydrogen-bond acceptors (Lipinski definition) is 1. The maximum absolute atomic E-state index is 9.00. The van der Waals surface area contributed by atoms with Crippen LogP contribution in [-0.2, 0) is 0 Å². The fourth-order valence-electron chi connectivity index (χ4n) is 0. The second kappa shape index (κ2) is 8.97. The van der Waals surface area contributed by atoms with Crippen LogP contribution in [0.25, 0.3) is 0 Å². The first-order valence-corrected chi connectivity index (χ1v) is 0.781. The van der Waals surface area contributed by atoms with Crippen molar-refractivity contribution in [3.63, 3.8) is 0 Å². The number of nitrogens with two attached hydrogens (primary N) is 2. The SMILES string of the molecule is NC(N)=O.O.[NaH]. The van der Waals surface area contributed by atoms with Gasteiger partial charge in [0.15, 0.2) is 0 Å². The van der Waals surface area contributed by atoms with Crippen LogP contribution in [-0.4, -0.2) is 41.1 Å². The van der Waals surface area contributed by atoms with Crippen LogP contribution in [0.5, 0.6) is 0 Å². The molecule has 0 bridgehead atoms. The Bertz CT molecular complexity index is 34.5. The summed E-state index contributed by atoms with van der Waals surface area (Å²) in [6.45, 7) is 0. The molecule has 0 aromatic carbocycles. The van der Waals surface area contributed by atoms with E-state index in [2.05, 4.69) is 11.5 Å². The molecule has 0 spiro atoms. The van der Waals surface area contributed by atoms with E-state index in [0.29, 0.717) is 0 Å². The molecule has 0 fully saturated rings. The van der Waals surface area contributed by atoms with Crippen LogP contribution in [0.2, 0.25) is 0 Å². The Balaban J connectivity index is -0.0000000450. The Morgan fingerprint density at radius 3 is 1.33 bits per heavy atom. The van der Waals surface area contributed by atoms with Gasteiger partial charge in [-0.05, 0) is 0 Å². The van der Waals surface area contributed by atoms with Gasteiger partial charge >= 0.3 is 35.6 Å². The maximum atomic E-state index is 9.00. The summed E-state index contributed by atoms with van der Waals surface area (Å²) < 4.78 is 0. The van der Waals surface area contributed by atoms with Crippen molar-refractivity contribution in [3.8, 4) is 0 Å². The van der Waals surface area contributed by atoms with Gasteiger partial charge in [0.1, 0.15) is 0 Å². The van der Waals surface area contributed by atoms with Crippen molar-refractivity contribution in [1.82, 2.24) is 0 Å². The fraction of sp³-hybridized carbons (Fsp3) is 0. The Morgan fingerprint density at radius 1 is 1.33 bits per heavy atom. The van der Waals surface area contributed by atoms with Crippen LogP contribution in [0, 0.1) is 0 Å². The van der Waals surface area contributed by atoms with E-state index in [1.54, 1.807) is 0 Å². The molecular formula is CH7N2NaO2. The van der Waals surface area contributed by atoms with Gasteiger partial charge in [-0.3, -0.25) is 0 Å². The molecule has 0 aromatic rings. The zero-order valence-electron chi connectivity index (χ0n) is 2.56. The van der Waals surface area contributed by atoms with E-state index < -0.39 is 6.03 Å². The van der Waals surface area contributed by atoms with Crippen molar-refractivity contribution in [1.29, 1.82) is 0 Å². The summed E-state index contributed by atoms with van der Waals surface area (Å²) in [5, 5.41) is 0. The molecule has 0 aromatic heterocycles. The van der Waals surface area contributed by atoms with Gasteiger partial charge in [-0.1, -0.05) is 0 Å². The summed E-state index contributed by atoms with van der Waals surface area (Å²) in [6, 6.07) is -0.833. The van der Waals surface area contributed by atoms with Crippen LogP contribution < -0.4 is 11.5 Å². The van der Waals surface area contributed by atoms with Gasteiger partial charge in [0.25, 0.3) is 0 Å². The topological polar surface area (TPSA) is 101 Å². The molecule has 6 N–H and O–H groups in total. The molecule has 0 saturated carbocycles. The quantitative estimate of drug-likeness (QED) is 0.326. The molecule has 0 unspecified atom stereocenters. The second-order valence-electron chi connectivity index (χ2n) is 0.402. The van der Waals surface area contributed by atoms with Gasteiger partial charge in [-0.15, -0.1) is 0 Å². The van der Waals surface area contributed by atoms with Gasteiger partial charge in [0, 0.05) is 0 Å². The number of carbonyl (C=O) groups is 1. The van der Waals surface area contributed by atoms with Gasteiger partial charge in [0.2, 0.25) is 0 Å². The Kier molecular flexibility index (Phi) is 24.4. The first kappa shape index (κ1) is 16.3. The first-order chi connectivity index (χ1) is 1.73. The zero-order valence-corrected chi connectivity index (χ0v) is 2.56. The van der Waals surface area contributed by atoms with E-state index in [1.807, 2.05) is 0 Å². The standard InChI is InChI=1S/CH4N2O.Na.H2O.H/c2-1(3)4;;;/h(H4,2,3,4);;1H2;. The molecule has 0 rings (SSSR count). The van der Waals surface area contributed by atoms with Crippen LogP contribution >= 0.6 is 0 Å². The third-order valence-electron chi connectivity index (χ3n) is 0. The third kappa shape index (κ3) is 834. The van der Waals surface area contributed by atoms with Crippen molar-refractivity contribution in [2.24, 2.45) is 11.5 Å². The molecule has 0 aliphatic heterocycles. The summed E-state index contributed by atoms with van der Waals surface area (Å²) >= 11 is 0. The normalized spacial score (nSPS) is 4.00. The number of amides is 2. The minimum absolute atomic E-state index is 0. The van der Waals surface area contributed by atoms with Crippen molar-refractivity contribution in [2.45, 2.75) is 0 Å². The molecule has 0 aliphatic rings. The predicted octanol–water partition coefficient (Wildman–Crippen LogP) is -2.45. The molecule has 5 heteroatoms. The number of carbonyl (C=O) groups excluding carboxylic acids is 1. The number of urea groups is 1. The molecule has 2 amide bonds. The summed E-state index contributed by atoms with van der Waals surface area (Å²) in [7, 11) is 0. The average molecular weight is 102 g/mol. The molecule has 0 atom stereocenters. The second-order valence-corrected chi connectivity index (χ2v) is 0.402. The van der Waals surface area contributed by atoms with E-state index in [9.17, 15) is 0 Å². The Labute approximate surface area is 57.5 Å². The summed E-state index contributed by atoms with van der Waals surface area (Å²) in [5.74, 6) is 0. The molecule has 34 valence electrons. The van der Waals surface area contributed by atoms with Crippen molar-refractivity contribution < 1.29 is 10.3 Å². The van der Waals surface area contributed by atoms with Crippen LogP contribution in [0.4, 0.5) is 4.79 Å². The van der Waals surface area contributed by atoms with E-state index >= 15 is 0 Å². The number of primary amides is 2. The van der Waals surface area contributed by atoms with E-state index in [0.717, 1.165) is 0 Å². The van der Waals surface area contributed by atoms with Crippen LogP contribution in [0.15, 0.2) is 0 Å². The predicted molar refractivity (Wildman–Crippen MR) is 24.5 cm³/mol. The van der Waals surface area contributed by atoms with E-state index in [-0.39, 0.29) is 35.0 Å². The van der Waals surface area contributed by atoms with Crippen molar-refractivity contribution >= 4 is 35.6 Å². The minimum atomic E-state index is -0.833. The first-order valence-electron chi connectivity index (χ1n) is 0.781. The molecule has 0 saturated heterocycles. The van der Waals surface area contributed by atoms with E-state index in [4.69, 9.17) is 4.79 Å². The Morgan fingerprint density at radius 2 is 1.33 bits per heavy atom. The van der Waals surface area contributed by atoms with Gasteiger partial charge < -0.3 is 16.9 Å². The summed E-state index contributed by atoms with van der Waals surface area (Å²) in [4.78, 5) is 9.00. The monoisotopic (exact) mass is 102 g/mol. The van der Waals surface area contributed by atoms with Gasteiger partial charge in [-0.25, -0.2) is 4.79 Å². The molecular weight excluding hydrogens is 95.0 g/mol. The average Bonchev–Trinajstić information content (AvgIpc) is 0.811. The van der Waals surface area contributed by atoms with Crippen LogP contribution in [0.1, 0.15) is 0 Å². The molecule has 0 heterocycles. The van der Waals surface area contributed by atoms with Crippen molar-refractivity contribution in [3.05, 3.63) is 0 Å². The molecule has 0 radical (unpaired) electrons. The van der Waals surface area contributed by atoms with Crippen molar-refractivity contribution in [2.75, 3.05) is 0 Å². The van der Waals surface area contributed by atoms with Crippen LogP contribution in [0.3, 0.4) is 0 Å². The molecule has 6 heavy (non-hydrogen) atoms.